The minimum Gasteiger partial charge on any atom is 0 e. The molecule has 5 heavy (non-hydrogen) atoms. The van der Waals surface area contributed by atoms with Crippen molar-refractivity contribution in [1.29, 1.82) is 0 Å². The van der Waals surface area contributed by atoms with E-state index in [1.807, 2.05) is 0 Å². The standard InChI is InChI=1S/Al.Ce.Co.O.Zr.H. The largest absolute Gasteiger partial charge is 0 e. The fourth-order valence-electron chi connectivity index (χ4n) is 0. The van der Waals surface area contributed by atoms with Gasteiger partial charge in [-0.2, -0.15) is 0 Å². The molecular formula is HAlCeCoOZr. The van der Waals surface area contributed by atoms with Crippen molar-refractivity contribution in [2.75, 3.05) is 0 Å². The van der Waals surface area contributed by atoms with Crippen molar-refractivity contribution < 1.29 is 88.5 Å². The number of rotatable bonds is 0. The summed E-state index contributed by atoms with van der Waals surface area (Å²) >= 11 is 0.611. The Morgan fingerprint density at radius 1 is 1.20 bits per heavy atom. The number of hydrogen-bond donors (Lipinski definition) is 0. The van der Waals surface area contributed by atoms with Gasteiger partial charge in [0.15, 0.2) is 0 Å². The maximum Gasteiger partial charge on any atom is 0 e. The van der Waals surface area contributed by atoms with Crippen LogP contribution in [0.25, 0.3) is 0 Å². The third kappa shape index (κ3) is 19.2. The van der Waals surface area contributed by atoms with Gasteiger partial charge >= 0.3 is 20.0 Å². The molecule has 27 valence electrons. The summed E-state index contributed by atoms with van der Waals surface area (Å²) in [5.41, 5.74) is 0. The van der Waals surface area contributed by atoms with E-state index in [9.17, 15) is 0 Å². The zero-order valence-electron chi connectivity index (χ0n) is 2.45. The Hall–Kier alpha value is 3.10. The normalized spacial score (nSPS) is 0.600. The summed E-state index contributed by atoms with van der Waals surface area (Å²) in [5, 5.41) is 0. The first-order chi connectivity index (χ1) is 1.00. The fraction of sp³-hybridized carbons (Fsp3) is 0. The third-order valence-corrected chi connectivity index (χ3v) is 0. The van der Waals surface area contributed by atoms with Gasteiger partial charge in [-0.15, -0.1) is 0 Å². The third-order valence-electron chi connectivity index (χ3n) is 0. The molecule has 0 amide bonds. The monoisotopic (exact) mass is 333 g/mol. The molecule has 0 aromatic carbocycles. The maximum absolute atomic E-state index is 8.28. The molecule has 1 radical (unpaired) electrons. The summed E-state index contributed by atoms with van der Waals surface area (Å²) < 4.78 is 8.28. The summed E-state index contributed by atoms with van der Waals surface area (Å²) in [4.78, 5) is 0. The predicted octanol–water partition coefficient (Wildman–Crippen LogP) is -0.772. The molecule has 0 heterocycles. The van der Waals surface area contributed by atoms with Crippen molar-refractivity contribution in [3.05, 3.63) is 0 Å². The second-order valence-electron chi connectivity index (χ2n) is 0. The van der Waals surface area contributed by atoms with Gasteiger partial charge < -0.3 is 0 Å². The molecular weight excluding hydrogens is 333 g/mol. The summed E-state index contributed by atoms with van der Waals surface area (Å²) in [6.07, 6.45) is 0. The Labute approximate surface area is 102 Å². The molecule has 0 fully saturated rings. The number of hydrogen-bond acceptors (Lipinski definition) is 1. The average molecular weight is 334 g/mol. The molecule has 0 aliphatic rings. The Bertz CT molecular complexity index is 11.6. The molecule has 0 saturated heterocycles. The van der Waals surface area contributed by atoms with Gasteiger partial charge in [-0.25, -0.2) is 0 Å². The smallest absolute Gasteiger partial charge is 0 e. The first-order valence-electron chi connectivity index (χ1n) is 0.289. The van der Waals surface area contributed by atoms with Crippen LogP contribution in [-0.2, 0) is 46.8 Å². The van der Waals surface area contributed by atoms with Gasteiger partial charge in [0.25, 0.3) is 0 Å². The van der Waals surface area contributed by atoms with E-state index in [4.69, 9.17) is 3.80 Å². The van der Waals surface area contributed by atoms with Gasteiger partial charge in [-0.1, -0.05) is 0 Å². The van der Waals surface area contributed by atoms with Crippen LogP contribution < -0.4 is 0 Å². The Morgan fingerprint density at radius 2 is 1.20 bits per heavy atom. The Kier molecular flexibility index (Phi) is 134. The average Bonchev–Trinajstić information content (AvgIpc) is 1.00. The first kappa shape index (κ1) is 24.3. The second-order valence-corrected chi connectivity index (χ2v) is 0. The molecule has 0 bridgehead atoms. The Morgan fingerprint density at radius 3 is 1.20 bits per heavy atom. The van der Waals surface area contributed by atoms with E-state index in [1.165, 1.54) is 0 Å². The summed E-state index contributed by atoms with van der Waals surface area (Å²) in [6.45, 7) is 0. The molecule has 0 saturated carbocycles. The van der Waals surface area contributed by atoms with Crippen LogP contribution in [0.15, 0.2) is 0 Å². The van der Waals surface area contributed by atoms with Crippen LogP contribution in [0.4, 0.5) is 0 Å². The minimum absolute atomic E-state index is 0. The van der Waals surface area contributed by atoms with E-state index in [2.05, 4.69) is 0 Å². The van der Waals surface area contributed by atoms with E-state index in [-0.39, 0.29) is 84.7 Å². The van der Waals surface area contributed by atoms with Crippen molar-refractivity contribution >= 4 is 16.2 Å². The van der Waals surface area contributed by atoms with Crippen LogP contribution in [0.1, 0.15) is 0 Å². The van der Waals surface area contributed by atoms with Crippen LogP contribution in [0.3, 0.4) is 0 Å². The van der Waals surface area contributed by atoms with Gasteiger partial charge in [0.2, 0.25) is 0 Å². The zero-order valence-corrected chi connectivity index (χ0v) is 10.5. The molecule has 0 aliphatic heterocycles. The predicted molar refractivity (Wildman–Crippen MR) is 7.84 cm³/mol. The Balaban J connectivity index is -0.00000000167. The van der Waals surface area contributed by atoms with Crippen molar-refractivity contribution in [3.8, 4) is 0 Å². The van der Waals surface area contributed by atoms with E-state index < -0.39 is 0 Å². The van der Waals surface area contributed by atoms with Crippen molar-refractivity contribution in [1.82, 2.24) is 0 Å². The maximum atomic E-state index is 8.28. The molecule has 0 N–H and O–H groups in total. The summed E-state index contributed by atoms with van der Waals surface area (Å²) in [5.74, 6) is 0. The zero-order chi connectivity index (χ0) is 2.00. The summed E-state index contributed by atoms with van der Waals surface area (Å²) in [7, 11) is 0. The molecule has 0 spiro atoms. The molecule has 1 nitrogen and oxygen atoms in total. The quantitative estimate of drug-likeness (QED) is 0.532. The second kappa shape index (κ2) is 27.5. The van der Waals surface area contributed by atoms with E-state index >= 15 is 0 Å². The van der Waals surface area contributed by atoms with Crippen molar-refractivity contribution in [2.24, 2.45) is 0 Å². The van der Waals surface area contributed by atoms with Gasteiger partial charge in [0, 0.05) is 84.7 Å². The molecule has 0 aliphatic carbocycles. The van der Waals surface area contributed by atoms with Crippen molar-refractivity contribution in [2.45, 2.75) is 0 Å². The molecule has 0 aromatic heterocycles. The minimum atomic E-state index is 0. The molecule has 5 heteroatoms. The van der Waals surface area contributed by atoms with Gasteiger partial charge in [-0.05, 0) is 0 Å². The van der Waals surface area contributed by atoms with Crippen LogP contribution >= 0.6 is 0 Å². The van der Waals surface area contributed by atoms with E-state index in [0.29, 0.717) is 16.2 Å². The van der Waals surface area contributed by atoms with Crippen LogP contribution in [-0.4, -0.2) is 16.2 Å². The molecule has 0 atom stereocenters. The first-order valence-corrected chi connectivity index (χ1v) is 0.866. The van der Waals surface area contributed by atoms with Crippen LogP contribution in [0.5, 0.6) is 0 Å². The molecule has 0 aromatic rings. The molecule has 0 rings (SSSR count). The van der Waals surface area contributed by atoms with E-state index in [0.717, 1.165) is 0 Å². The SMILES string of the molecule is [Ce].[Co].[O]=[AlH].[Zr]. The topological polar surface area (TPSA) is 17.1 Å². The van der Waals surface area contributed by atoms with Gasteiger partial charge in [0.1, 0.15) is 0 Å². The molecule has 0 unspecified atom stereocenters. The fourth-order valence-corrected chi connectivity index (χ4v) is 0. The summed E-state index contributed by atoms with van der Waals surface area (Å²) in [6, 6.07) is 0. The van der Waals surface area contributed by atoms with Gasteiger partial charge in [-0.3, -0.25) is 0 Å². The van der Waals surface area contributed by atoms with E-state index in [1.54, 1.807) is 0 Å². The van der Waals surface area contributed by atoms with Gasteiger partial charge in [0.05, 0.1) is 0 Å². The van der Waals surface area contributed by atoms with Crippen LogP contribution in [0, 0.1) is 41.7 Å². The van der Waals surface area contributed by atoms with Crippen molar-refractivity contribution in [3.63, 3.8) is 0 Å². The van der Waals surface area contributed by atoms with Crippen LogP contribution in [0.2, 0.25) is 0 Å².